The first-order valence-electron chi connectivity index (χ1n) is 6.53. The molecular weight excluding hydrogens is 250 g/mol. The van der Waals surface area contributed by atoms with E-state index in [1.807, 2.05) is 12.1 Å². The Bertz CT molecular complexity index is 632. The third-order valence-electron chi connectivity index (χ3n) is 3.16. The predicted octanol–water partition coefficient (Wildman–Crippen LogP) is 3.14. The van der Waals surface area contributed by atoms with Crippen molar-refractivity contribution in [2.24, 2.45) is 0 Å². The summed E-state index contributed by atoms with van der Waals surface area (Å²) in [5.74, 6) is 0.725. The topological polar surface area (TPSA) is 57.9 Å². The highest BCUT2D eigenvalue weighted by Gasteiger charge is 2.06. The molecule has 0 fully saturated rings. The van der Waals surface area contributed by atoms with Crippen LogP contribution >= 0.6 is 0 Å². The Morgan fingerprint density at radius 2 is 2.20 bits per heavy atom. The van der Waals surface area contributed by atoms with Crippen molar-refractivity contribution in [3.63, 3.8) is 0 Å². The Hall–Kier alpha value is -2.54. The predicted molar refractivity (Wildman–Crippen MR) is 78.7 cm³/mol. The molecule has 0 radical (unpaired) electrons. The zero-order valence-corrected chi connectivity index (χ0v) is 11.7. The summed E-state index contributed by atoms with van der Waals surface area (Å²) in [6.07, 6.45) is 2.72. The summed E-state index contributed by atoms with van der Waals surface area (Å²) in [6, 6.07) is 11.5. The van der Waals surface area contributed by atoms with Crippen LogP contribution in [0, 0.1) is 11.3 Å². The van der Waals surface area contributed by atoms with Crippen LogP contribution in [0.5, 0.6) is 5.75 Å². The maximum absolute atomic E-state index is 9.13. The smallest absolute Gasteiger partial charge is 0.121 e. The maximum Gasteiger partial charge on any atom is 0.121 e. The van der Waals surface area contributed by atoms with E-state index in [-0.39, 0.29) is 0 Å². The average molecular weight is 267 g/mol. The molecule has 102 valence electrons. The van der Waals surface area contributed by atoms with Gasteiger partial charge in [0.25, 0.3) is 0 Å². The van der Waals surface area contributed by atoms with Crippen LogP contribution in [0.15, 0.2) is 36.5 Å². The SMILES string of the molecule is CCc1cccnc1CNc1cc(OC)ccc1C#N. The summed E-state index contributed by atoms with van der Waals surface area (Å²) in [6.45, 7) is 2.69. The van der Waals surface area contributed by atoms with E-state index in [4.69, 9.17) is 10.00 Å². The molecule has 0 spiro atoms. The number of aryl methyl sites for hydroxylation is 1. The van der Waals surface area contributed by atoms with Gasteiger partial charge in [0, 0.05) is 12.3 Å². The second kappa shape index (κ2) is 6.58. The Balaban J connectivity index is 2.20. The van der Waals surface area contributed by atoms with Crippen LogP contribution < -0.4 is 10.1 Å². The van der Waals surface area contributed by atoms with Gasteiger partial charge in [-0.1, -0.05) is 13.0 Å². The molecule has 0 saturated carbocycles. The van der Waals surface area contributed by atoms with Gasteiger partial charge in [-0.05, 0) is 30.2 Å². The van der Waals surface area contributed by atoms with Crippen molar-refractivity contribution < 1.29 is 4.74 Å². The van der Waals surface area contributed by atoms with Crippen molar-refractivity contribution in [3.05, 3.63) is 53.3 Å². The number of hydrogen-bond donors (Lipinski definition) is 1. The number of aromatic nitrogens is 1. The minimum absolute atomic E-state index is 0.589. The Labute approximate surface area is 119 Å². The number of nitriles is 1. The Kier molecular flexibility index (Phi) is 4.56. The van der Waals surface area contributed by atoms with Gasteiger partial charge in [0.05, 0.1) is 30.6 Å². The standard InChI is InChI=1S/C16H17N3O/c1-3-12-5-4-8-18-16(12)11-19-15-9-14(20-2)7-6-13(15)10-17/h4-9,19H,3,11H2,1-2H3. The van der Waals surface area contributed by atoms with Crippen molar-refractivity contribution in [1.29, 1.82) is 5.26 Å². The minimum Gasteiger partial charge on any atom is -0.497 e. The lowest BCUT2D eigenvalue weighted by Crippen LogP contribution is -2.06. The van der Waals surface area contributed by atoms with Crippen LogP contribution in [0.3, 0.4) is 0 Å². The molecule has 1 aromatic carbocycles. The molecule has 20 heavy (non-hydrogen) atoms. The fourth-order valence-electron chi connectivity index (χ4n) is 2.03. The monoisotopic (exact) mass is 267 g/mol. The number of pyridine rings is 1. The van der Waals surface area contributed by atoms with Crippen molar-refractivity contribution in [2.45, 2.75) is 19.9 Å². The van der Waals surface area contributed by atoms with Crippen LogP contribution in [0.2, 0.25) is 0 Å². The number of hydrogen-bond acceptors (Lipinski definition) is 4. The Morgan fingerprint density at radius 1 is 1.35 bits per heavy atom. The third kappa shape index (κ3) is 3.07. The van der Waals surface area contributed by atoms with E-state index in [2.05, 4.69) is 29.4 Å². The molecule has 0 aliphatic carbocycles. The fraction of sp³-hybridized carbons (Fsp3) is 0.250. The van der Waals surface area contributed by atoms with Crippen LogP contribution in [-0.2, 0) is 13.0 Å². The lowest BCUT2D eigenvalue weighted by Gasteiger charge is -2.11. The number of benzene rings is 1. The normalized spacial score (nSPS) is 9.85. The number of nitrogens with zero attached hydrogens (tertiary/aromatic N) is 2. The van der Waals surface area contributed by atoms with Crippen molar-refractivity contribution in [2.75, 3.05) is 12.4 Å². The summed E-state index contributed by atoms with van der Waals surface area (Å²) < 4.78 is 5.19. The molecule has 0 bridgehead atoms. The number of rotatable bonds is 5. The second-order valence-electron chi connectivity index (χ2n) is 4.34. The summed E-state index contributed by atoms with van der Waals surface area (Å²) >= 11 is 0. The average Bonchev–Trinajstić information content (AvgIpc) is 2.52. The van der Waals surface area contributed by atoms with E-state index in [0.29, 0.717) is 12.1 Å². The van der Waals surface area contributed by atoms with E-state index in [1.165, 1.54) is 5.56 Å². The molecule has 4 nitrogen and oxygen atoms in total. The third-order valence-corrected chi connectivity index (χ3v) is 3.16. The molecule has 1 N–H and O–H groups in total. The number of nitrogens with one attached hydrogen (secondary N) is 1. The highest BCUT2D eigenvalue weighted by atomic mass is 16.5. The van der Waals surface area contributed by atoms with Gasteiger partial charge in [-0.25, -0.2) is 0 Å². The maximum atomic E-state index is 9.13. The lowest BCUT2D eigenvalue weighted by molar-refractivity contribution is 0.415. The van der Waals surface area contributed by atoms with Gasteiger partial charge in [0.15, 0.2) is 0 Å². The molecule has 2 aromatic rings. The molecule has 1 aromatic heterocycles. The molecule has 2 rings (SSSR count). The lowest BCUT2D eigenvalue weighted by atomic mass is 10.1. The quantitative estimate of drug-likeness (QED) is 0.904. The van der Waals surface area contributed by atoms with E-state index in [1.54, 1.807) is 25.4 Å². The van der Waals surface area contributed by atoms with Crippen LogP contribution in [-0.4, -0.2) is 12.1 Å². The first kappa shape index (κ1) is 13.9. The summed E-state index contributed by atoms with van der Waals surface area (Å²) in [7, 11) is 1.61. The highest BCUT2D eigenvalue weighted by Crippen LogP contribution is 2.22. The van der Waals surface area contributed by atoms with Gasteiger partial charge in [0.1, 0.15) is 11.8 Å². The Morgan fingerprint density at radius 3 is 2.90 bits per heavy atom. The van der Waals surface area contributed by atoms with Gasteiger partial charge in [-0.2, -0.15) is 5.26 Å². The first-order chi connectivity index (χ1) is 9.78. The van der Waals surface area contributed by atoms with Crippen molar-refractivity contribution >= 4 is 5.69 Å². The van der Waals surface area contributed by atoms with Crippen LogP contribution in [0.4, 0.5) is 5.69 Å². The molecule has 0 amide bonds. The van der Waals surface area contributed by atoms with Crippen LogP contribution in [0.25, 0.3) is 0 Å². The highest BCUT2D eigenvalue weighted by molar-refractivity contribution is 5.60. The zero-order valence-electron chi connectivity index (χ0n) is 11.7. The summed E-state index contributed by atoms with van der Waals surface area (Å²) in [4.78, 5) is 4.39. The fourth-order valence-corrected chi connectivity index (χ4v) is 2.03. The molecule has 0 aliphatic rings. The number of ether oxygens (including phenoxy) is 1. The van der Waals surface area contributed by atoms with Crippen molar-refractivity contribution in [1.82, 2.24) is 4.98 Å². The van der Waals surface area contributed by atoms with Crippen molar-refractivity contribution in [3.8, 4) is 11.8 Å². The van der Waals surface area contributed by atoms with E-state index in [9.17, 15) is 0 Å². The molecule has 0 aliphatic heterocycles. The number of methoxy groups -OCH3 is 1. The molecule has 1 heterocycles. The molecule has 4 heteroatoms. The molecule has 0 unspecified atom stereocenters. The van der Waals surface area contributed by atoms with Gasteiger partial charge in [-0.15, -0.1) is 0 Å². The van der Waals surface area contributed by atoms with Gasteiger partial charge in [-0.3, -0.25) is 4.98 Å². The zero-order chi connectivity index (χ0) is 14.4. The van der Waals surface area contributed by atoms with Gasteiger partial charge >= 0.3 is 0 Å². The van der Waals surface area contributed by atoms with E-state index < -0.39 is 0 Å². The number of anilines is 1. The van der Waals surface area contributed by atoms with Gasteiger partial charge in [0.2, 0.25) is 0 Å². The van der Waals surface area contributed by atoms with E-state index in [0.717, 1.165) is 23.6 Å². The second-order valence-corrected chi connectivity index (χ2v) is 4.34. The first-order valence-corrected chi connectivity index (χ1v) is 6.53. The minimum atomic E-state index is 0.589. The van der Waals surface area contributed by atoms with Crippen LogP contribution in [0.1, 0.15) is 23.7 Å². The summed E-state index contributed by atoms with van der Waals surface area (Å²) in [5, 5.41) is 12.4. The molecule has 0 saturated heterocycles. The van der Waals surface area contributed by atoms with E-state index >= 15 is 0 Å². The molecular formula is C16H17N3O. The van der Waals surface area contributed by atoms with Gasteiger partial charge < -0.3 is 10.1 Å². The largest absolute Gasteiger partial charge is 0.497 e. The molecule has 0 atom stereocenters. The summed E-state index contributed by atoms with van der Waals surface area (Å²) in [5.41, 5.74) is 3.57.